The van der Waals surface area contributed by atoms with Gasteiger partial charge in [-0.3, -0.25) is 0 Å². The molecule has 0 heterocycles. The molecule has 0 saturated carbocycles. The van der Waals surface area contributed by atoms with Crippen molar-refractivity contribution in [3.05, 3.63) is 12.2 Å². The summed E-state index contributed by atoms with van der Waals surface area (Å²) in [6.07, 6.45) is 22.0. The van der Waals surface area contributed by atoms with Crippen molar-refractivity contribution in [2.45, 2.75) is 124 Å². The summed E-state index contributed by atoms with van der Waals surface area (Å²) in [4.78, 5) is 2.13. The summed E-state index contributed by atoms with van der Waals surface area (Å²) in [6, 6.07) is 3.28. The number of nitrogens with zero attached hydrogens (tertiary/aromatic N) is 1. The lowest BCUT2D eigenvalue weighted by Crippen LogP contribution is -2.14. The van der Waals surface area contributed by atoms with E-state index in [1.54, 1.807) is 0 Å². The molecule has 0 amide bonds. The number of rotatable bonds is 21. The van der Waals surface area contributed by atoms with Crippen LogP contribution in [0.15, 0.2) is 12.2 Å². The monoisotopic (exact) mass is 556 g/mol. The molecule has 0 rings (SSSR count). The highest BCUT2D eigenvalue weighted by molar-refractivity contribution is 14.1. The summed E-state index contributed by atoms with van der Waals surface area (Å²) in [5, 5.41) is 7.69. The fourth-order valence-electron chi connectivity index (χ4n) is 4.26. The van der Waals surface area contributed by atoms with Crippen molar-refractivity contribution < 1.29 is 0 Å². The molecule has 0 saturated heterocycles. The van der Waals surface area contributed by atoms with Crippen molar-refractivity contribution in [1.82, 2.24) is 4.90 Å². The van der Waals surface area contributed by atoms with Gasteiger partial charge in [0.1, 0.15) is 0 Å². The van der Waals surface area contributed by atoms with E-state index in [1.165, 1.54) is 113 Å². The highest BCUT2D eigenvalue weighted by atomic mass is 127. The Morgan fingerprint density at radius 3 is 2.19 bits per heavy atom. The van der Waals surface area contributed by atoms with Crippen LogP contribution < -0.4 is 0 Å². The number of unbranched alkanes of at least 4 members (excludes halogenated alkanes) is 8. The molecular formula is C29H53IN2. The predicted molar refractivity (Wildman–Crippen MR) is 154 cm³/mol. The fraction of sp³-hybridized carbons (Fsp3) is 0.828. The molecule has 0 aliphatic carbocycles. The van der Waals surface area contributed by atoms with Crippen molar-refractivity contribution in [3.8, 4) is 12.0 Å². The van der Waals surface area contributed by atoms with Gasteiger partial charge in [0.15, 0.2) is 0 Å². The van der Waals surface area contributed by atoms with Gasteiger partial charge in [0.2, 0.25) is 0 Å². The SMILES string of the molecule is C=C(CCI)CCCCCCCCCCN(C)C#C[C@@H](C=N)CCCCC(C)(C)CCC. The first-order chi connectivity index (χ1) is 15.3. The zero-order valence-corrected chi connectivity index (χ0v) is 24.1. The third-order valence-electron chi connectivity index (χ3n) is 6.41. The van der Waals surface area contributed by atoms with Crippen LogP contribution in [0.1, 0.15) is 124 Å². The highest BCUT2D eigenvalue weighted by Crippen LogP contribution is 2.29. The first-order valence-electron chi connectivity index (χ1n) is 13.3. The van der Waals surface area contributed by atoms with Crippen molar-refractivity contribution in [2.24, 2.45) is 11.3 Å². The minimum absolute atomic E-state index is 0.116. The molecule has 0 fully saturated rings. The molecule has 0 aliphatic rings. The summed E-state index contributed by atoms with van der Waals surface area (Å²) in [5.74, 6) is 3.43. The van der Waals surface area contributed by atoms with Gasteiger partial charge in [0, 0.05) is 30.3 Å². The molecule has 1 atom stereocenters. The van der Waals surface area contributed by atoms with E-state index in [2.05, 4.69) is 73.9 Å². The first kappa shape index (κ1) is 31.5. The maximum atomic E-state index is 7.69. The molecule has 0 aromatic rings. The van der Waals surface area contributed by atoms with E-state index in [0.29, 0.717) is 5.41 Å². The molecule has 186 valence electrons. The van der Waals surface area contributed by atoms with Crippen molar-refractivity contribution in [2.75, 3.05) is 18.0 Å². The van der Waals surface area contributed by atoms with Gasteiger partial charge < -0.3 is 10.3 Å². The number of hydrogen-bond acceptors (Lipinski definition) is 2. The second kappa shape index (κ2) is 21.1. The lowest BCUT2D eigenvalue weighted by molar-refractivity contribution is 0.291. The van der Waals surface area contributed by atoms with Crippen LogP contribution in [0.4, 0.5) is 0 Å². The normalized spacial score (nSPS) is 12.2. The molecule has 3 heteroatoms. The van der Waals surface area contributed by atoms with Gasteiger partial charge in [0.25, 0.3) is 0 Å². The predicted octanol–water partition coefficient (Wildman–Crippen LogP) is 9.42. The van der Waals surface area contributed by atoms with Crippen LogP contribution in [-0.2, 0) is 0 Å². The third-order valence-corrected chi connectivity index (χ3v) is 6.95. The Hall–Kier alpha value is -0.500. The lowest BCUT2D eigenvalue weighted by atomic mass is 9.82. The standard InChI is InChI=1S/C29H53IN2/c1-6-21-29(3,4)22-15-14-18-28(26-31)20-25-32(5)24-16-12-10-8-7-9-11-13-17-27(2)19-23-30/h26,28,31H,2,6-19,21-24H2,1,3-5H3/t28-/m0/s1. The number of halogens is 1. The number of nitrogens with one attached hydrogen (secondary N) is 1. The van der Waals surface area contributed by atoms with E-state index >= 15 is 0 Å². The van der Waals surface area contributed by atoms with Gasteiger partial charge in [0.05, 0.1) is 5.92 Å². The van der Waals surface area contributed by atoms with Gasteiger partial charge in [-0.15, -0.1) is 0 Å². The van der Waals surface area contributed by atoms with Crippen LogP contribution in [0.3, 0.4) is 0 Å². The number of allylic oxidation sites excluding steroid dienone is 1. The minimum atomic E-state index is 0.116. The smallest absolute Gasteiger partial charge is 0.0567 e. The molecule has 1 N–H and O–H groups in total. The second-order valence-electron chi connectivity index (χ2n) is 10.4. The Morgan fingerprint density at radius 1 is 0.969 bits per heavy atom. The van der Waals surface area contributed by atoms with Crippen molar-refractivity contribution in [3.63, 3.8) is 0 Å². The summed E-state index contributed by atoms with van der Waals surface area (Å²) in [6.45, 7) is 12.2. The molecule has 0 unspecified atom stereocenters. The van der Waals surface area contributed by atoms with E-state index in [-0.39, 0.29) is 5.92 Å². The van der Waals surface area contributed by atoms with Crippen LogP contribution in [0.2, 0.25) is 0 Å². The zero-order chi connectivity index (χ0) is 24.1. The Morgan fingerprint density at radius 2 is 1.59 bits per heavy atom. The lowest BCUT2D eigenvalue weighted by Gasteiger charge is -2.23. The molecule has 0 spiro atoms. The van der Waals surface area contributed by atoms with E-state index in [1.807, 2.05) is 0 Å². The van der Waals surface area contributed by atoms with Gasteiger partial charge in [-0.1, -0.05) is 119 Å². The molecule has 2 nitrogen and oxygen atoms in total. The van der Waals surface area contributed by atoms with Crippen LogP contribution in [-0.4, -0.2) is 29.1 Å². The average Bonchev–Trinajstić information content (AvgIpc) is 2.74. The van der Waals surface area contributed by atoms with Gasteiger partial charge in [-0.25, -0.2) is 0 Å². The second-order valence-corrected chi connectivity index (χ2v) is 11.5. The Labute approximate surface area is 215 Å². The summed E-state index contributed by atoms with van der Waals surface area (Å²) >= 11 is 2.44. The molecule has 0 radical (unpaired) electrons. The molecular weight excluding hydrogens is 503 g/mol. The quantitative estimate of drug-likeness (QED) is 0.0285. The van der Waals surface area contributed by atoms with E-state index < -0.39 is 0 Å². The molecule has 0 aliphatic heterocycles. The first-order valence-corrected chi connectivity index (χ1v) is 14.8. The van der Waals surface area contributed by atoms with Crippen LogP contribution >= 0.6 is 22.6 Å². The number of alkyl halides is 1. The number of hydrogen-bond donors (Lipinski definition) is 1. The van der Waals surface area contributed by atoms with E-state index in [4.69, 9.17) is 5.41 Å². The molecule has 0 bridgehead atoms. The molecule has 0 aromatic heterocycles. The van der Waals surface area contributed by atoms with Crippen LogP contribution in [0.5, 0.6) is 0 Å². The average molecular weight is 557 g/mol. The summed E-state index contributed by atoms with van der Waals surface area (Å²) in [5.41, 5.74) is 1.90. The summed E-state index contributed by atoms with van der Waals surface area (Å²) in [7, 11) is 2.09. The van der Waals surface area contributed by atoms with Gasteiger partial charge in [-0.05, 0) is 50.4 Å². The maximum absolute atomic E-state index is 7.69. The van der Waals surface area contributed by atoms with Crippen molar-refractivity contribution in [1.29, 1.82) is 5.41 Å². The third kappa shape index (κ3) is 20.1. The Kier molecular flexibility index (Phi) is 20.7. The Bertz CT molecular complexity index is 529. The Balaban J connectivity index is 3.74. The topological polar surface area (TPSA) is 27.1 Å². The minimum Gasteiger partial charge on any atom is -0.336 e. The summed E-state index contributed by atoms with van der Waals surface area (Å²) < 4.78 is 1.21. The van der Waals surface area contributed by atoms with Crippen molar-refractivity contribution >= 4 is 28.8 Å². The van der Waals surface area contributed by atoms with Crippen LogP contribution in [0.25, 0.3) is 0 Å². The molecule has 0 aromatic carbocycles. The van der Waals surface area contributed by atoms with Gasteiger partial charge in [-0.2, -0.15) is 0 Å². The largest absolute Gasteiger partial charge is 0.336 e. The zero-order valence-electron chi connectivity index (χ0n) is 21.9. The fourth-order valence-corrected chi connectivity index (χ4v) is 5.02. The highest BCUT2D eigenvalue weighted by Gasteiger charge is 2.15. The van der Waals surface area contributed by atoms with E-state index in [0.717, 1.165) is 13.0 Å². The van der Waals surface area contributed by atoms with E-state index in [9.17, 15) is 0 Å². The van der Waals surface area contributed by atoms with Gasteiger partial charge >= 0.3 is 0 Å². The van der Waals surface area contributed by atoms with Crippen LogP contribution in [0, 0.1) is 28.7 Å². The molecule has 32 heavy (non-hydrogen) atoms. The maximum Gasteiger partial charge on any atom is 0.0567 e.